The first kappa shape index (κ1) is 26.5. The van der Waals surface area contributed by atoms with Crippen molar-refractivity contribution >= 4 is 28.4 Å². The summed E-state index contributed by atoms with van der Waals surface area (Å²) in [7, 11) is 0. The van der Waals surface area contributed by atoms with Gasteiger partial charge in [0.05, 0.1) is 41.2 Å². The third-order valence-electron chi connectivity index (χ3n) is 6.10. The molecule has 0 aliphatic carbocycles. The van der Waals surface area contributed by atoms with E-state index >= 15 is 0 Å². The number of para-hydroxylation sites is 1. The lowest BCUT2D eigenvalue weighted by atomic mass is 9.92. The molecule has 194 valence electrons. The number of nitrogens with zero attached hydrogens (tertiary/aromatic N) is 3. The molecule has 4 rings (SSSR count). The van der Waals surface area contributed by atoms with Gasteiger partial charge in [-0.2, -0.15) is 5.10 Å². The van der Waals surface area contributed by atoms with E-state index in [9.17, 15) is 18.7 Å². The summed E-state index contributed by atoms with van der Waals surface area (Å²) in [6.07, 6.45) is 2.40. The summed E-state index contributed by atoms with van der Waals surface area (Å²) in [5, 5.41) is 17.2. The quantitative estimate of drug-likeness (QED) is 0.318. The number of fused-ring (bicyclic) bond motifs is 1. The van der Waals surface area contributed by atoms with Gasteiger partial charge in [0.15, 0.2) is 5.82 Å². The van der Waals surface area contributed by atoms with Crippen molar-refractivity contribution in [2.24, 2.45) is 5.41 Å². The molecule has 7 nitrogen and oxygen atoms in total. The van der Waals surface area contributed by atoms with E-state index in [2.05, 4.69) is 15.4 Å². The van der Waals surface area contributed by atoms with Crippen LogP contribution < -0.4 is 10.1 Å². The number of carbonyl (C=O) groups is 1. The van der Waals surface area contributed by atoms with Crippen LogP contribution >= 0.6 is 11.6 Å². The fraction of sp³-hybridized carbons (Fsp3) is 0.296. The molecule has 0 fully saturated rings. The van der Waals surface area contributed by atoms with Gasteiger partial charge in [-0.25, -0.2) is 18.4 Å². The highest BCUT2D eigenvalue weighted by Gasteiger charge is 2.29. The number of nitrogens with one attached hydrogen (secondary N) is 1. The molecular formula is C27H27ClF2N4O3. The van der Waals surface area contributed by atoms with Crippen LogP contribution in [-0.4, -0.2) is 32.4 Å². The number of ether oxygens (including phenoxy) is 1. The molecule has 1 atom stereocenters. The van der Waals surface area contributed by atoms with E-state index in [0.717, 1.165) is 6.20 Å². The van der Waals surface area contributed by atoms with Crippen LogP contribution in [0.15, 0.2) is 48.8 Å². The number of benzene rings is 2. The minimum absolute atomic E-state index is 0.0292. The van der Waals surface area contributed by atoms with Gasteiger partial charge < -0.3 is 15.2 Å². The van der Waals surface area contributed by atoms with Gasteiger partial charge in [0, 0.05) is 16.6 Å². The topological polar surface area (TPSA) is 89.3 Å². The third kappa shape index (κ3) is 5.57. The highest BCUT2D eigenvalue weighted by molar-refractivity contribution is 6.31. The number of halogens is 3. The van der Waals surface area contributed by atoms with Gasteiger partial charge in [0.2, 0.25) is 5.91 Å². The number of amides is 1. The molecule has 0 spiro atoms. The van der Waals surface area contributed by atoms with Crippen molar-refractivity contribution in [1.29, 1.82) is 0 Å². The first-order valence-electron chi connectivity index (χ1n) is 11.6. The molecule has 2 N–H and O–H groups in total. The van der Waals surface area contributed by atoms with Crippen LogP contribution in [0.25, 0.3) is 16.6 Å². The molecule has 0 unspecified atom stereocenters. The van der Waals surface area contributed by atoms with E-state index in [1.54, 1.807) is 39.0 Å². The molecule has 2 aromatic carbocycles. The second kappa shape index (κ2) is 10.4. The number of pyridine rings is 1. The molecule has 2 heterocycles. The average molecular weight is 529 g/mol. The molecule has 37 heavy (non-hydrogen) atoms. The predicted molar refractivity (Wildman–Crippen MR) is 137 cm³/mol. The monoisotopic (exact) mass is 528 g/mol. The van der Waals surface area contributed by atoms with Crippen LogP contribution in [-0.2, 0) is 11.4 Å². The van der Waals surface area contributed by atoms with Crippen molar-refractivity contribution in [3.05, 3.63) is 82.3 Å². The zero-order valence-electron chi connectivity index (χ0n) is 20.8. The Labute approximate surface area is 218 Å². The van der Waals surface area contributed by atoms with E-state index in [1.165, 1.54) is 23.0 Å². The number of aromatic nitrogens is 3. The van der Waals surface area contributed by atoms with Crippen molar-refractivity contribution in [2.45, 2.75) is 40.3 Å². The number of rotatable bonds is 8. The summed E-state index contributed by atoms with van der Waals surface area (Å²) in [4.78, 5) is 17.2. The summed E-state index contributed by atoms with van der Waals surface area (Å²) < 4.78 is 35.5. The van der Waals surface area contributed by atoms with Crippen molar-refractivity contribution in [2.75, 3.05) is 6.61 Å². The zero-order valence-corrected chi connectivity index (χ0v) is 21.6. The molecular weight excluding hydrogens is 502 g/mol. The maximum absolute atomic E-state index is 14.3. The first-order chi connectivity index (χ1) is 17.5. The van der Waals surface area contributed by atoms with Crippen molar-refractivity contribution < 1.29 is 23.4 Å². The largest absolute Gasteiger partial charge is 0.487 e. The Morgan fingerprint density at radius 3 is 2.68 bits per heavy atom. The molecule has 0 saturated heterocycles. The van der Waals surface area contributed by atoms with Gasteiger partial charge >= 0.3 is 0 Å². The predicted octanol–water partition coefficient (Wildman–Crippen LogP) is 5.44. The molecule has 0 saturated carbocycles. The number of aliphatic hydroxyl groups is 1. The SMILES string of the molecule is Cc1cc(-n2cc(F)cn2)c2cccc(OCc3c(Cl)cc(F)cc3[C@H](C)NC(=O)C(C)(C)CO)c2n1. The minimum atomic E-state index is -1.01. The van der Waals surface area contributed by atoms with Crippen molar-refractivity contribution in [1.82, 2.24) is 20.1 Å². The van der Waals surface area contributed by atoms with E-state index in [-0.39, 0.29) is 24.1 Å². The molecule has 2 aromatic heterocycles. The summed E-state index contributed by atoms with van der Waals surface area (Å²) in [5.74, 6) is -0.951. The maximum Gasteiger partial charge on any atom is 0.228 e. The summed E-state index contributed by atoms with van der Waals surface area (Å²) in [6, 6.07) is 9.04. The Balaban J connectivity index is 1.68. The molecule has 1 amide bonds. The Bertz CT molecular complexity index is 1470. The Hall–Kier alpha value is -3.56. The Morgan fingerprint density at radius 2 is 2.00 bits per heavy atom. The van der Waals surface area contributed by atoms with Crippen LogP contribution in [0.3, 0.4) is 0 Å². The van der Waals surface area contributed by atoms with E-state index < -0.39 is 23.1 Å². The lowest BCUT2D eigenvalue weighted by molar-refractivity contribution is -0.131. The molecule has 0 aliphatic heterocycles. The Kier molecular flexibility index (Phi) is 7.47. The maximum atomic E-state index is 14.3. The molecule has 0 radical (unpaired) electrons. The summed E-state index contributed by atoms with van der Waals surface area (Å²) in [5.41, 5.74) is 1.79. The van der Waals surface area contributed by atoms with Gasteiger partial charge in [0.1, 0.15) is 23.7 Å². The van der Waals surface area contributed by atoms with Crippen LogP contribution in [0, 0.1) is 24.0 Å². The van der Waals surface area contributed by atoms with Gasteiger partial charge in [-0.05, 0) is 57.5 Å². The molecule has 0 aliphatic rings. The highest BCUT2D eigenvalue weighted by Crippen LogP contribution is 2.32. The van der Waals surface area contributed by atoms with E-state index in [4.69, 9.17) is 16.3 Å². The fourth-order valence-corrected chi connectivity index (χ4v) is 4.19. The second-order valence-electron chi connectivity index (χ2n) is 9.52. The average Bonchev–Trinajstić information content (AvgIpc) is 3.28. The van der Waals surface area contributed by atoms with Crippen molar-refractivity contribution in [3.8, 4) is 11.4 Å². The van der Waals surface area contributed by atoms with Crippen molar-refractivity contribution in [3.63, 3.8) is 0 Å². The summed E-state index contributed by atoms with van der Waals surface area (Å²) in [6.45, 7) is 6.37. The lowest BCUT2D eigenvalue weighted by Crippen LogP contribution is -2.40. The first-order valence-corrected chi connectivity index (χ1v) is 12.0. The lowest BCUT2D eigenvalue weighted by Gasteiger charge is -2.25. The minimum Gasteiger partial charge on any atom is -0.487 e. The summed E-state index contributed by atoms with van der Waals surface area (Å²) >= 11 is 6.41. The molecule has 10 heteroatoms. The number of aliphatic hydroxyl groups excluding tert-OH is 1. The van der Waals surface area contributed by atoms with Crippen LogP contribution in [0.5, 0.6) is 5.75 Å². The van der Waals surface area contributed by atoms with Crippen LogP contribution in [0.4, 0.5) is 8.78 Å². The zero-order chi connectivity index (χ0) is 26.9. The standard InChI is InChI=1S/C27H27ClF2N4O3/c1-15-8-23(34-12-18(30)11-31-34)19-6-5-7-24(25(19)32-15)37-13-21-20(9-17(29)10-22(21)28)16(2)33-26(36)27(3,4)14-35/h5-12,16,35H,13-14H2,1-4H3,(H,33,36)/t16-/m0/s1. The third-order valence-corrected chi connectivity index (χ3v) is 6.43. The van der Waals surface area contributed by atoms with E-state index in [0.29, 0.717) is 39.2 Å². The normalized spacial score (nSPS) is 12.5. The smallest absolute Gasteiger partial charge is 0.228 e. The number of hydrogen-bond donors (Lipinski definition) is 2. The molecule has 4 aromatic rings. The van der Waals surface area contributed by atoms with Gasteiger partial charge in [-0.1, -0.05) is 23.7 Å². The number of hydrogen-bond acceptors (Lipinski definition) is 5. The number of aryl methyl sites for hydroxylation is 1. The van der Waals surface area contributed by atoms with Gasteiger partial charge in [0.25, 0.3) is 0 Å². The number of carbonyl (C=O) groups excluding carboxylic acids is 1. The second-order valence-corrected chi connectivity index (χ2v) is 9.93. The highest BCUT2D eigenvalue weighted by atomic mass is 35.5. The Morgan fingerprint density at radius 1 is 1.24 bits per heavy atom. The molecule has 0 bridgehead atoms. The van der Waals surface area contributed by atoms with Crippen LogP contribution in [0.1, 0.15) is 43.6 Å². The van der Waals surface area contributed by atoms with Crippen LogP contribution in [0.2, 0.25) is 5.02 Å². The van der Waals surface area contributed by atoms with Gasteiger partial charge in [-0.3, -0.25) is 4.79 Å². The fourth-order valence-electron chi connectivity index (χ4n) is 3.92. The van der Waals surface area contributed by atoms with E-state index in [1.807, 2.05) is 13.0 Å². The van der Waals surface area contributed by atoms with Gasteiger partial charge in [-0.15, -0.1) is 0 Å².